The van der Waals surface area contributed by atoms with Crippen LogP contribution in [0.3, 0.4) is 0 Å². The van der Waals surface area contributed by atoms with Crippen LogP contribution < -0.4 is 10.6 Å². The molecule has 3 amide bonds. The average molecular weight is 536 g/mol. The first-order chi connectivity index (χ1) is 18.4. The first kappa shape index (κ1) is 34.3. The van der Waals surface area contributed by atoms with Crippen molar-refractivity contribution < 1.29 is 19.2 Å². The molecule has 2 N–H and O–H groups in total. The number of hydrogen-bond donors (Lipinski definition) is 2. The summed E-state index contributed by atoms with van der Waals surface area (Å²) in [5.41, 5.74) is 0. The van der Waals surface area contributed by atoms with Crippen molar-refractivity contribution in [3.63, 3.8) is 0 Å². The molecule has 0 radical (unpaired) electrons. The molecule has 1 aliphatic heterocycles. The highest BCUT2D eigenvalue weighted by atomic mass is 16.2. The molecule has 1 fully saturated rings. The van der Waals surface area contributed by atoms with Crippen molar-refractivity contribution in [3.05, 3.63) is 0 Å². The minimum absolute atomic E-state index is 0.0900. The maximum absolute atomic E-state index is 12.9. The van der Waals surface area contributed by atoms with Gasteiger partial charge >= 0.3 is 0 Å². The molecule has 38 heavy (non-hydrogen) atoms. The van der Waals surface area contributed by atoms with Gasteiger partial charge in [-0.3, -0.25) is 24.1 Å². The number of likely N-dealkylation sites (tertiary alicyclic amines) is 1. The van der Waals surface area contributed by atoms with Crippen LogP contribution in [-0.2, 0) is 19.2 Å². The van der Waals surface area contributed by atoms with E-state index in [1.54, 1.807) is 0 Å². The van der Waals surface area contributed by atoms with Gasteiger partial charge in [-0.1, -0.05) is 91.4 Å². The Hall–Kier alpha value is -1.76. The van der Waals surface area contributed by atoms with Crippen LogP contribution in [0.4, 0.5) is 0 Å². The molecule has 0 bridgehead atoms. The Kier molecular flexibility index (Phi) is 19.9. The van der Waals surface area contributed by atoms with Gasteiger partial charge in [0.15, 0.2) is 5.78 Å². The largest absolute Gasteiger partial charge is 0.345 e. The zero-order chi connectivity index (χ0) is 28.0. The molecule has 7 nitrogen and oxygen atoms in total. The fraction of sp³-hybridized carbons (Fsp3) is 0.871. The van der Waals surface area contributed by atoms with Crippen LogP contribution in [0.15, 0.2) is 0 Å². The Labute approximate surface area is 232 Å². The third kappa shape index (κ3) is 15.6. The van der Waals surface area contributed by atoms with Crippen LogP contribution in [-0.4, -0.2) is 53.6 Å². The molecule has 0 aliphatic carbocycles. The fourth-order valence-electron chi connectivity index (χ4n) is 5.17. The van der Waals surface area contributed by atoms with E-state index in [2.05, 4.69) is 31.4 Å². The number of ketones is 1. The number of carbonyl (C=O) groups excluding carboxylic acids is 4. The molecule has 0 saturated carbocycles. The summed E-state index contributed by atoms with van der Waals surface area (Å²) in [5, 5.41) is 6.50. The summed E-state index contributed by atoms with van der Waals surface area (Å²) >= 11 is 0. The Morgan fingerprint density at radius 1 is 0.711 bits per heavy atom. The normalized spacial score (nSPS) is 15.2. The number of rotatable bonds is 25. The van der Waals surface area contributed by atoms with Gasteiger partial charge < -0.3 is 10.6 Å². The highest BCUT2D eigenvalue weighted by Crippen LogP contribution is 2.15. The van der Waals surface area contributed by atoms with Crippen LogP contribution in [0.25, 0.3) is 0 Å². The molecule has 0 aromatic heterocycles. The van der Waals surface area contributed by atoms with E-state index in [1.165, 1.54) is 62.7 Å². The Morgan fingerprint density at radius 2 is 1.24 bits per heavy atom. The van der Waals surface area contributed by atoms with Crippen LogP contribution in [0, 0.1) is 0 Å². The van der Waals surface area contributed by atoms with Crippen molar-refractivity contribution in [3.8, 4) is 0 Å². The molecule has 1 aliphatic rings. The van der Waals surface area contributed by atoms with Gasteiger partial charge in [0.05, 0.1) is 12.6 Å². The Balaban J connectivity index is 2.55. The fourth-order valence-corrected chi connectivity index (χ4v) is 5.17. The predicted molar refractivity (Wildman–Crippen MR) is 155 cm³/mol. The van der Waals surface area contributed by atoms with Crippen molar-refractivity contribution in [2.45, 2.75) is 161 Å². The van der Waals surface area contributed by atoms with Crippen LogP contribution in [0.5, 0.6) is 0 Å². The van der Waals surface area contributed by atoms with Crippen molar-refractivity contribution in [2.75, 3.05) is 13.1 Å². The predicted octanol–water partition coefficient (Wildman–Crippen LogP) is 6.23. The number of amides is 3. The molecule has 1 heterocycles. The van der Waals surface area contributed by atoms with E-state index in [0.29, 0.717) is 51.1 Å². The van der Waals surface area contributed by atoms with Crippen LogP contribution in [0.1, 0.15) is 149 Å². The molecule has 0 spiro atoms. The number of nitrogens with zero attached hydrogens (tertiary/aromatic N) is 1. The minimum atomic E-state index is -0.497. The van der Waals surface area contributed by atoms with E-state index in [0.717, 1.165) is 32.1 Å². The molecule has 2 atom stereocenters. The van der Waals surface area contributed by atoms with E-state index in [1.807, 2.05) is 0 Å². The summed E-state index contributed by atoms with van der Waals surface area (Å²) in [6.07, 6.45) is 19.2. The number of unbranched alkanes of at least 4 members (excludes halogenated alkanes) is 10. The molecule has 220 valence electrons. The second kappa shape index (κ2) is 22.1. The second-order valence-corrected chi connectivity index (χ2v) is 11.1. The van der Waals surface area contributed by atoms with Crippen molar-refractivity contribution in [1.82, 2.24) is 15.5 Å². The summed E-state index contributed by atoms with van der Waals surface area (Å²) < 4.78 is 0. The molecular weight excluding hydrogens is 478 g/mol. The van der Waals surface area contributed by atoms with Crippen molar-refractivity contribution in [2.24, 2.45) is 0 Å². The lowest BCUT2D eigenvalue weighted by molar-refractivity contribution is -0.138. The summed E-state index contributed by atoms with van der Waals surface area (Å²) in [6.45, 7) is 7.21. The third-order valence-electron chi connectivity index (χ3n) is 7.64. The summed E-state index contributed by atoms with van der Waals surface area (Å²) in [5.74, 6) is -0.229. The number of Topliss-reactive ketones (excluding diaryl/α,β-unsaturated/α-hetero) is 1. The van der Waals surface area contributed by atoms with Crippen molar-refractivity contribution >= 4 is 23.5 Å². The monoisotopic (exact) mass is 535 g/mol. The highest BCUT2D eigenvalue weighted by Gasteiger charge is 2.28. The number of imide groups is 1. The Morgan fingerprint density at radius 3 is 1.84 bits per heavy atom. The molecule has 1 unspecified atom stereocenters. The zero-order valence-corrected chi connectivity index (χ0v) is 24.8. The number of nitrogens with one attached hydrogen (secondary N) is 2. The lowest BCUT2D eigenvalue weighted by Crippen LogP contribution is -2.46. The quantitative estimate of drug-likeness (QED) is 0.107. The molecule has 0 aromatic carbocycles. The van der Waals surface area contributed by atoms with Crippen LogP contribution >= 0.6 is 0 Å². The van der Waals surface area contributed by atoms with Gasteiger partial charge in [0.1, 0.15) is 0 Å². The van der Waals surface area contributed by atoms with Gasteiger partial charge in [0, 0.05) is 31.8 Å². The zero-order valence-electron chi connectivity index (χ0n) is 24.8. The van der Waals surface area contributed by atoms with Gasteiger partial charge in [-0.05, 0) is 38.5 Å². The second-order valence-electron chi connectivity index (χ2n) is 11.1. The van der Waals surface area contributed by atoms with E-state index in [4.69, 9.17) is 0 Å². The topological polar surface area (TPSA) is 95.6 Å². The van der Waals surface area contributed by atoms with Gasteiger partial charge in [0.25, 0.3) is 0 Å². The number of hydrogen-bond acceptors (Lipinski definition) is 5. The van der Waals surface area contributed by atoms with Gasteiger partial charge in [-0.2, -0.15) is 0 Å². The first-order valence-electron chi connectivity index (χ1n) is 15.8. The highest BCUT2D eigenvalue weighted by molar-refractivity contribution is 6.01. The van der Waals surface area contributed by atoms with Crippen LogP contribution in [0.2, 0.25) is 0 Å². The minimum Gasteiger partial charge on any atom is -0.345 e. The molecule has 7 heteroatoms. The van der Waals surface area contributed by atoms with Gasteiger partial charge in [-0.25, -0.2) is 0 Å². The van der Waals surface area contributed by atoms with Crippen molar-refractivity contribution in [1.29, 1.82) is 0 Å². The van der Waals surface area contributed by atoms with E-state index < -0.39 is 6.04 Å². The number of carbonyl (C=O) groups is 4. The standard InChI is InChI=1S/C31H57N3O4/c1-4-7-10-12-15-19-26(18-14-11-8-5-2)32-25-29(36)33-27(28(35)21-13-9-6-3)20-16-17-24-34-30(37)22-23-31(34)38/h26-27,32H,4-25H2,1-3H3,(H,33,36)/t26?,27-/m0/s1. The van der Waals surface area contributed by atoms with Gasteiger partial charge in [-0.15, -0.1) is 0 Å². The summed E-state index contributed by atoms with van der Waals surface area (Å²) in [4.78, 5) is 50.8. The van der Waals surface area contributed by atoms with E-state index in [-0.39, 0.29) is 30.0 Å². The maximum Gasteiger partial charge on any atom is 0.234 e. The maximum atomic E-state index is 12.9. The van der Waals surface area contributed by atoms with Gasteiger partial charge in [0.2, 0.25) is 17.7 Å². The summed E-state index contributed by atoms with van der Waals surface area (Å²) in [6, 6.07) is -0.156. The van der Waals surface area contributed by atoms with E-state index >= 15 is 0 Å². The SMILES string of the molecule is CCCCCCCC(CCCCCC)NCC(=O)N[C@@H](CCCCN1C(=O)CCC1=O)C(=O)CCCCC. The Bertz CT molecular complexity index is 666. The summed E-state index contributed by atoms with van der Waals surface area (Å²) in [7, 11) is 0. The molecule has 1 rings (SSSR count). The molecule has 0 aromatic rings. The third-order valence-corrected chi connectivity index (χ3v) is 7.64. The molecule has 1 saturated heterocycles. The lowest BCUT2D eigenvalue weighted by atomic mass is 10.00. The first-order valence-corrected chi connectivity index (χ1v) is 15.8. The molecular formula is C31H57N3O4. The lowest BCUT2D eigenvalue weighted by Gasteiger charge is -2.21. The smallest absolute Gasteiger partial charge is 0.234 e. The average Bonchev–Trinajstić information content (AvgIpc) is 3.22. The van der Waals surface area contributed by atoms with E-state index in [9.17, 15) is 19.2 Å².